The average Bonchev–Trinajstić information content (AvgIpc) is 3.14. The molecule has 1 aromatic heterocycles. The summed E-state index contributed by atoms with van der Waals surface area (Å²) in [5, 5.41) is 7.06. The van der Waals surface area contributed by atoms with Crippen molar-refractivity contribution in [2.75, 3.05) is 27.3 Å². The van der Waals surface area contributed by atoms with E-state index in [9.17, 15) is 4.79 Å². The van der Waals surface area contributed by atoms with E-state index in [1.54, 1.807) is 32.6 Å². The van der Waals surface area contributed by atoms with E-state index in [1.807, 2.05) is 18.2 Å². The first-order chi connectivity index (χ1) is 12.2. The quantitative estimate of drug-likeness (QED) is 0.391. The second kappa shape index (κ2) is 10.1. The van der Waals surface area contributed by atoms with Crippen molar-refractivity contribution in [2.24, 2.45) is 5.10 Å². The third-order valence-electron chi connectivity index (χ3n) is 3.49. The van der Waals surface area contributed by atoms with Gasteiger partial charge >= 0.3 is 0 Å². The number of amides is 1. The smallest absolute Gasteiger partial charge is 0.241 e. The molecule has 0 saturated heterocycles. The molecule has 1 heterocycles. The predicted octanol–water partition coefficient (Wildman–Crippen LogP) is 1.97. The fourth-order valence-electron chi connectivity index (χ4n) is 2.18. The molecule has 0 bridgehead atoms. The van der Waals surface area contributed by atoms with Gasteiger partial charge in [-0.2, -0.15) is 5.10 Å². The highest BCUT2D eigenvalue weighted by atomic mass is 16.5. The lowest BCUT2D eigenvalue weighted by Crippen LogP contribution is -2.25. The van der Waals surface area contributed by atoms with Gasteiger partial charge in [0.25, 0.3) is 0 Å². The number of rotatable bonds is 10. The minimum absolute atomic E-state index is 0.151. The first-order valence-electron chi connectivity index (χ1n) is 8.00. The predicted molar refractivity (Wildman–Crippen MR) is 95.2 cm³/mol. The topological polar surface area (TPSA) is 85.1 Å². The standard InChI is InChI=1S/C18H23N3O4/c1-23-16-6-5-14(12-17(16)24-2)7-9-19-10-8-18(22)21-20-13-15-4-3-11-25-15/h3-6,11-13,19H,7-10H2,1-2H3,(H,21,22)/b20-13+. The molecule has 2 rings (SSSR count). The molecular weight excluding hydrogens is 322 g/mol. The summed E-state index contributed by atoms with van der Waals surface area (Å²) < 4.78 is 15.6. The Bertz CT molecular complexity index is 684. The Morgan fingerprint density at radius 2 is 2.04 bits per heavy atom. The highest BCUT2D eigenvalue weighted by Crippen LogP contribution is 2.27. The van der Waals surface area contributed by atoms with Gasteiger partial charge in [0.15, 0.2) is 11.5 Å². The molecule has 0 unspecified atom stereocenters. The Hall–Kier alpha value is -2.80. The van der Waals surface area contributed by atoms with Crippen LogP contribution in [0.25, 0.3) is 0 Å². The molecule has 7 heteroatoms. The normalized spacial score (nSPS) is 10.8. The van der Waals surface area contributed by atoms with Crippen LogP contribution in [0.15, 0.2) is 46.1 Å². The summed E-state index contributed by atoms with van der Waals surface area (Å²) in [4.78, 5) is 11.6. The Morgan fingerprint density at radius 3 is 2.76 bits per heavy atom. The molecule has 134 valence electrons. The van der Waals surface area contributed by atoms with Crippen LogP contribution in [0.2, 0.25) is 0 Å². The summed E-state index contributed by atoms with van der Waals surface area (Å²) in [7, 11) is 3.23. The molecule has 1 aromatic carbocycles. The maximum Gasteiger partial charge on any atom is 0.241 e. The summed E-state index contributed by atoms with van der Waals surface area (Å²) in [6.45, 7) is 1.34. The van der Waals surface area contributed by atoms with Crippen LogP contribution in [-0.2, 0) is 11.2 Å². The van der Waals surface area contributed by atoms with Crippen LogP contribution < -0.4 is 20.2 Å². The Kier molecular flexibility index (Phi) is 7.52. The SMILES string of the molecule is COc1ccc(CCNCCC(=O)N/N=C/c2ccco2)cc1OC. The lowest BCUT2D eigenvalue weighted by molar-refractivity contribution is -0.120. The average molecular weight is 345 g/mol. The summed E-state index contributed by atoms with van der Waals surface area (Å²) in [5.74, 6) is 1.87. The number of hydrogen-bond acceptors (Lipinski definition) is 6. The van der Waals surface area contributed by atoms with E-state index in [0.29, 0.717) is 30.2 Å². The highest BCUT2D eigenvalue weighted by Gasteiger charge is 2.04. The van der Waals surface area contributed by atoms with Crippen molar-refractivity contribution in [1.82, 2.24) is 10.7 Å². The molecule has 2 aromatic rings. The molecule has 0 radical (unpaired) electrons. The number of hydrazone groups is 1. The van der Waals surface area contributed by atoms with Crippen molar-refractivity contribution in [3.8, 4) is 11.5 Å². The monoisotopic (exact) mass is 345 g/mol. The van der Waals surface area contributed by atoms with Crippen molar-refractivity contribution in [2.45, 2.75) is 12.8 Å². The van der Waals surface area contributed by atoms with E-state index in [0.717, 1.165) is 18.5 Å². The van der Waals surface area contributed by atoms with Gasteiger partial charge in [-0.3, -0.25) is 4.79 Å². The van der Waals surface area contributed by atoms with E-state index >= 15 is 0 Å². The van der Waals surface area contributed by atoms with Crippen molar-refractivity contribution in [3.63, 3.8) is 0 Å². The molecule has 2 N–H and O–H groups in total. The number of methoxy groups -OCH3 is 2. The number of carbonyl (C=O) groups is 1. The van der Waals surface area contributed by atoms with Gasteiger partial charge in [0.05, 0.1) is 26.7 Å². The van der Waals surface area contributed by atoms with Gasteiger partial charge < -0.3 is 19.2 Å². The zero-order valence-corrected chi connectivity index (χ0v) is 14.5. The molecule has 1 amide bonds. The molecule has 0 spiro atoms. The first-order valence-corrected chi connectivity index (χ1v) is 8.00. The van der Waals surface area contributed by atoms with Crippen LogP contribution in [0.1, 0.15) is 17.7 Å². The summed E-state index contributed by atoms with van der Waals surface area (Å²) >= 11 is 0. The number of ether oxygens (including phenoxy) is 2. The van der Waals surface area contributed by atoms with Crippen molar-refractivity contribution in [3.05, 3.63) is 47.9 Å². The van der Waals surface area contributed by atoms with Crippen LogP contribution in [0, 0.1) is 0 Å². The van der Waals surface area contributed by atoms with Gasteiger partial charge in [-0.1, -0.05) is 6.07 Å². The van der Waals surface area contributed by atoms with Gasteiger partial charge in [-0.05, 0) is 42.8 Å². The lowest BCUT2D eigenvalue weighted by Gasteiger charge is -2.10. The van der Waals surface area contributed by atoms with Gasteiger partial charge in [0.2, 0.25) is 5.91 Å². The van der Waals surface area contributed by atoms with Crippen LogP contribution >= 0.6 is 0 Å². The van der Waals surface area contributed by atoms with Crippen molar-refractivity contribution >= 4 is 12.1 Å². The molecule has 0 aliphatic carbocycles. The minimum Gasteiger partial charge on any atom is -0.493 e. The van der Waals surface area contributed by atoms with E-state index in [1.165, 1.54) is 6.21 Å². The van der Waals surface area contributed by atoms with Crippen LogP contribution in [-0.4, -0.2) is 39.4 Å². The lowest BCUT2D eigenvalue weighted by atomic mass is 10.1. The maximum absolute atomic E-state index is 11.6. The zero-order valence-electron chi connectivity index (χ0n) is 14.5. The van der Waals surface area contributed by atoms with Crippen LogP contribution in [0.4, 0.5) is 0 Å². The van der Waals surface area contributed by atoms with Gasteiger partial charge in [-0.15, -0.1) is 0 Å². The third kappa shape index (κ3) is 6.31. The molecule has 0 aliphatic heterocycles. The second-order valence-corrected chi connectivity index (χ2v) is 5.25. The van der Waals surface area contributed by atoms with E-state index in [4.69, 9.17) is 13.9 Å². The largest absolute Gasteiger partial charge is 0.493 e. The summed E-state index contributed by atoms with van der Waals surface area (Å²) in [6, 6.07) is 9.35. The number of benzene rings is 1. The Balaban J connectivity index is 1.62. The third-order valence-corrected chi connectivity index (χ3v) is 3.49. The molecule has 0 fully saturated rings. The maximum atomic E-state index is 11.6. The molecular formula is C18H23N3O4. The van der Waals surface area contributed by atoms with E-state index in [-0.39, 0.29) is 5.91 Å². The number of hydrogen-bond donors (Lipinski definition) is 2. The molecule has 7 nitrogen and oxygen atoms in total. The second-order valence-electron chi connectivity index (χ2n) is 5.25. The zero-order chi connectivity index (χ0) is 17.9. The first kappa shape index (κ1) is 18.5. The summed E-state index contributed by atoms with van der Waals surface area (Å²) in [5.41, 5.74) is 3.59. The molecule has 0 atom stereocenters. The molecule has 0 aliphatic rings. The van der Waals surface area contributed by atoms with E-state index in [2.05, 4.69) is 15.8 Å². The van der Waals surface area contributed by atoms with Crippen LogP contribution in [0.3, 0.4) is 0 Å². The van der Waals surface area contributed by atoms with Gasteiger partial charge in [0, 0.05) is 13.0 Å². The molecule has 25 heavy (non-hydrogen) atoms. The van der Waals surface area contributed by atoms with Crippen molar-refractivity contribution < 1.29 is 18.7 Å². The number of furan rings is 1. The van der Waals surface area contributed by atoms with E-state index < -0.39 is 0 Å². The fourth-order valence-corrected chi connectivity index (χ4v) is 2.18. The summed E-state index contributed by atoms with van der Waals surface area (Å²) in [6.07, 6.45) is 4.19. The Morgan fingerprint density at radius 1 is 1.20 bits per heavy atom. The van der Waals surface area contributed by atoms with Crippen molar-refractivity contribution in [1.29, 1.82) is 0 Å². The van der Waals surface area contributed by atoms with Gasteiger partial charge in [0.1, 0.15) is 5.76 Å². The Labute approximate surface area is 147 Å². The minimum atomic E-state index is -0.151. The highest BCUT2D eigenvalue weighted by molar-refractivity contribution is 5.80. The van der Waals surface area contributed by atoms with Crippen LogP contribution in [0.5, 0.6) is 11.5 Å². The molecule has 0 saturated carbocycles. The number of carbonyl (C=O) groups excluding carboxylic acids is 1. The van der Waals surface area contributed by atoms with Gasteiger partial charge in [-0.25, -0.2) is 5.43 Å². The number of nitrogens with one attached hydrogen (secondary N) is 2. The number of nitrogens with zero attached hydrogens (tertiary/aromatic N) is 1. The fraction of sp³-hybridized carbons (Fsp3) is 0.333.